The van der Waals surface area contributed by atoms with Crippen molar-refractivity contribution in [2.24, 2.45) is 5.92 Å². The van der Waals surface area contributed by atoms with Gasteiger partial charge in [-0.25, -0.2) is 8.78 Å². The largest absolute Gasteiger partial charge is 0.411 e. The Kier molecular flexibility index (Phi) is 9.38. The molecule has 32 heavy (non-hydrogen) atoms. The van der Waals surface area contributed by atoms with Crippen LogP contribution in [0.4, 0.5) is 22.0 Å². The number of ether oxygens (including phenoxy) is 1. The molecule has 1 saturated heterocycles. The molecule has 6 nitrogen and oxygen atoms in total. The van der Waals surface area contributed by atoms with Gasteiger partial charge in [0, 0.05) is 39.3 Å². The molecule has 11 heteroatoms. The lowest BCUT2D eigenvalue weighted by Gasteiger charge is -2.37. The van der Waals surface area contributed by atoms with Gasteiger partial charge in [-0.15, -0.1) is 0 Å². The summed E-state index contributed by atoms with van der Waals surface area (Å²) in [7, 11) is 0. The van der Waals surface area contributed by atoms with Gasteiger partial charge in [0.1, 0.15) is 29.8 Å². The zero-order valence-electron chi connectivity index (χ0n) is 18.1. The van der Waals surface area contributed by atoms with Crippen LogP contribution < -0.4 is 5.32 Å². The summed E-state index contributed by atoms with van der Waals surface area (Å²) < 4.78 is 68.5. The van der Waals surface area contributed by atoms with E-state index in [1.54, 1.807) is 18.7 Å². The molecule has 0 saturated carbocycles. The summed E-state index contributed by atoms with van der Waals surface area (Å²) in [6, 6.07) is 2.13. The first-order valence-corrected chi connectivity index (χ1v) is 10.4. The fourth-order valence-corrected chi connectivity index (χ4v) is 3.41. The Hall–Kier alpha value is -2.27. The Balaban J connectivity index is 1.85. The van der Waals surface area contributed by atoms with E-state index in [1.165, 1.54) is 0 Å². The smallest absolute Gasteiger partial charge is 0.372 e. The van der Waals surface area contributed by atoms with E-state index in [1.807, 2.05) is 4.90 Å². The summed E-state index contributed by atoms with van der Waals surface area (Å²) in [4.78, 5) is 29.0. The maximum absolute atomic E-state index is 13.9. The Morgan fingerprint density at radius 3 is 2.22 bits per heavy atom. The third-order valence-corrected chi connectivity index (χ3v) is 5.12. The van der Waals surface area contributed by atoms with Crippen molar-refractivity contribution in [2.75, 3.05) is 45.9 Å². The number of nitrogens with zero attached hydrogens (tertiary/aromatic N) is 2. The highest BCUT2D eigenvalue weighted by Crippen LogP contribution is 2.16. The van der Waals surface area contributed by atoms with Crippen LogP contribution in [0.25, 0.3) is 0 Å². The van der Waals surface area contributed by atoms with Crippen LogP contribution in [0.15, 0.2) is 18.2 Å². The molecule has 1 aromatic rings. The lowest BCUT2D eigenvalue weighted by atomic mass is 10.0. The van der Waals surface area contributed by atoms with Gasteiger partial charge < -0.3 is 15.0 Å². The first-order valence-electron chi connectivity index (χ1n) is 10.4. The second kappa shape index (κ2) is 11.6. The molecule has 1 heterocycles. The molecule has 0 radical (unpaired) electrons. The number of carbonyl (C=O) groups excluding carboxylic acids is 2. The molecule has 1 aliphatic rings. The van der Waals surface area contributed by atoms with E-state index in [-0.39, 0.29) is 18.4 Å². The summed E-state index contributed by atoms with van der Waals surface area (Å²) in [5, 5.41) is 2.45. The minimum absolute atomic E-state index is 0.00723. The highest BCUT2D eigenvalue weighted by molar-refractivity contribution is 5.98. The number of rotatable bonds is 9. The van der Waals surface area contributed by atoms with Gasteiger partial charge in [0.15, 0.2) is 0 Å². The number of amides is 2. The van der Waals surface area contributed by atoms with E-state index in [2.05, 4.69) is 10.1 Å². The van der Waals surface area contributed by atoms with E-state index in [0.29, 0.717) is 39.1 Å². The maximum atomic E-state index is 13.9. The molecule has 1 aromatic carbocycles. The number of halogens is 5. The normalized spacial score (nSPS) is 16.3. The van der Waals surface area contributed by atoms with Crippen molar-refractivity contribution in [3.63, 3.8) is 0 Å². The number of hydrogen-bond donors (Lipinski definition) is 1. The summed E-state index contributed by atoms with van der Waals surface area (Å²) >= 11 is 0. The molecule has 2 rings (SSSR count). The molecule has 1 atom stereocenters. The Morgan fingerprint density at radius 1 is 1.09 bits per heavy atom. The van der Waals surface area contributed by atoms with Crippen LogP contribution in [0.2, 0.25) is 0 Å². The minimum Gasteiger partial charge on any atom is -0.372 e. The quantitative estimate of drug-likeness (QED) is 0.450. The molecule has 1 N–H and O–H groups in total. The van der Waals surface area contributed by atoms with Crippen molar-refractivity contribution in [2.45, 2.75) is 32.5 Å². The maximum Gasteiger partial charge on any atom is 0.411 e. The molecule has 1 unspecified atom stereocenters. The predicted molar refractivity (Wildman–Crippen MR) is 107 cm³/mol. The van der Waals surface area contributed by atoms with Crippen molar-refractivity contribution in [1.82, 2.24) is 15.1 Å². The number of carbonyl (C=O) groups is 2. The molecular weight excluding hydrogens is 437 g/mol. The highest BCUT2D eigenvalue weighted by atomic mass is 19.4. The number of benzene rings is 1. The van der Waals surface area contributed by atoms with Crippen molar-refractivity contribution >= 4 is 11.8 Å². The van der Waals surface area contributed by atoms with Gasteiger partial charge in [0.2, 0.25) is 5.91 Å². The fourth-order valence-electron chi connectivity index (χ4n) is 3.41. The average Bonchev–Trinajstić information content (AvgIpc) is 2.70. The third-order valence-electron chi connectivity index (χ3n) is 5.12. The summed E-state index contributed by atoms with van der Waals surface area (Å²) in [6.07, 6.45) is -3.91. The standard InChI is InChI=1S/C21H28F5N3O3/c1-14(2)18(27-19(30)17-15(22)5-3-6-16(17)23)20(31)29-10-8-28(9-11-29)7-4-12-32-13-21(24,25)26/h3,5-6,14,18H,4,7-13H2,1-2H3,(H,27,30). The van der Waals surface area contributed by atoms with Gasteiger partial charge in [0.05, 0.1) is 0 Å². The van der Waals surface area contributed by atoms with Crippen LogP contribution in [0.3, 0.4) is 0 Å². The van der Waals surface area contributed by atoms with E-state index in [4.69, 9.17) is 0 Å². The topological polar surface area (TPSA) is 61.9 Å². The van der Waals surface area contributed by atoms with Crippen LogP contribution in [0.5, 0.6) is 0 Å². The van der Waals surface area contributed by atoms with Gasteiger partial charge >= 0.3 is 6.18 Å². The Morgan fingerprint density at radius 2 is 1.69 bits per heavy atom. The Bertz CT molecular complexity index is 760. The molecule has 1 fully saturated rings. The van der Waals surface area contributed by atoms with Gasteiger partial charge in [-0.05, 0) is 24.5 Å². The third kappa shape index (κ3) is 7.70. The van der Waals surface area contributed by atoms with Crippen LogP contribution in [0, 0.1) is 17.6 Å². The van der Waals surface area contributed by atoms with Crippen molar-refractivity contribution in [3.8, 4) is 0 Å². The molecule has 0 aliphatic carbocycles. The molecule has 180 valence electrons. The lowest BCUT2D eigenvalue weighted by molar-refractivity contribution is -0.174. The second-order valence-corrected chi connectivity index (χ2v) is 7.98. The first-order chi connectivity index (χ1) is 15.0. The number of piperazine rings is 1. The van der Waals surface area contributed by atoms with Gasteiger partial charge in [-0.2, -0.15) is 13.2 Å². The number of nitrogens with one attached hydrogen (secondary N) is 1. The van der Waals surface area contributed by atoms with E-state index in [0.717, 1.165) is 18.2 Å². The van der Waals surface area contributed by atoms with Crippen LogP contribution >= 0.6 is 0 Å². The summed E-state index contributed by atoms with van der Waals surface area (Å²) in [6.45, 7) is 4.48. The zero-order valence-corrected chi connectivity index (χ0v) is 18.1. The van der Waals surface area contributed by atoms with Crippen LogP contribution in [0.1, 0.15) is 30.6 Å². The van der Waals surface area contributed by atoms with Crippen LogP contribution in [-0.4, -0.2) is 79.8 Å². The molecular formula is C21H28F5N3O3. The fraction of sp³-hybridized carbons (Fsp3) is 0.619. The number of hydrogen-bond acceptors (Lipinski definition) is 4. The van der Waals surface area contributed by atoms with Crippen molar-refractivity contribution in [1.29, 1.82) is 0 Å². The predicted octanol–water partition coefficient (Wildman–Crippen LogP) is 2.83. The zero-order chi connectivity index (χ0) is 23.9. The summed E-state index contributed by atoms with van der Waals surface area (Å²) in [5.41, 5.74) is -0.733. The van der Waals surface area contributed by atoms with Crippen molar-refractivity contribution < 1.29 is 36.3 Å². The minimum atomic E-state index is -4.34. The first kappa shape index (κ1) is 26.0. The number of alkyl halides is 3. The van der Waals surface area contributed by atoms with Crippen molar-refractivity contribution in [3.05, 3.63) is 35.4 Å². The SMILES string of the molecule is CC(C)C(NC(=O)c1c(F)cccc1F)C(=O)N1CCN(CCCOCC(F)(F)F)CC1. The molecule has 0 bridgehead atoms. The lowest BCUT2D eigenvalue weighted by Crippen LogP contribution is -2.56. The highest BCUT2D eigenvalue weighted by Gasteiger charge is 2.32. The van der Waals surface area contributed by atoms with Gasteiger partial charge in [-0.3, -0.25) is 14.5 Å². The molecule has 0 aromatic heterocycles. The monoisotopic (exact) mass is 465 g/mol. The van der Waals surface area contributed by atoms with E-state index < -0.39 is 41.9 Å². The second-order valence-electron chi connectivity index (χ2n) is 7.98. The Labute approximate surface area is 183 Å². The molecule has 1 aliphatic heterocycles. The average molecular weight is 465 g/mol. The van der Waals surface area contributed by atoms with Crippen LogP contribution in [-0.2, 0) is 9.53 Å². The van der Waals surface area contributed by atoms with Gasteiger partial charge in [0.25, 0.3) is 5.91 Å². The summed E-state index contributed by atoms with van der Waals surface area (Å²) in [5.74, 6) is -3.68. The molecule has 0 spiro atoms. The van der Waals surface area contributed by atoms with E-state index >= 15 is 0 Å². The van der Waals surface area contributed by atoms with E-state index in [9.17, 15) is 31.5 Å². The molecule has 2 amide bonds. The van der Waals surface area contributed by atoms with Gasteiger partial charge in [-0.1, -0.05) is 19.9 Å².